The Balaban J connectivity index is 0.00000288. The Bertz CT molecular complexity index is 658. The number of hydrogen-bond acceptors (Lipinski definition) is 6. The first-order chi connectivity index (χ1) is 11.2. The Kier molecular flexibility index (Phi) is 6.35. The minimum Gasteiger partial charge on any atom is -0.478 e. The number of ether oxygens (including phenoxy) is 2. The van der Waals surface area contributed by atoms with Crippen molar-refractivity contribution >= 4 is 5.97 Å². The molecule has 2 aromatic heterocycles. The first-order valence-corrected chi connectivity index (χ1v) is 7.48. The molecule has 2 heterocycles. The molecule has 0 spiro atoms. The van der Waals surface area contributed by atoms with Crippen LogP contribution in [0.1, 0.15) is 37.6 Å². The maximum Gasteiger partial charge on any atom is 0.360 e. The van der Waals surface area contributed by atoms with E-state index in [0.29, 0.717) is 23.9 Å². The number of carbonyl (C=O) groups excluding carboxylic acids is 1. The molecule has 0 N–H and O–H groups in total. The van der Waals surface area contributed by atoms with E-state index in [9.17, 15) is 4.79 Å². The largest absolute Gasteiger partial charge is 0.478 e. The standard InChI is InChI=1S/C17H20N2O4.H2/c1-3-4-5-6-7-10-22-15-11-13(8-9-18-15)16-19-14(12-23-16)17(20)21-2;/h3,8-9,11-12H,1,4-7,10H2,2H3;1H. The van der Waals surface area contributed by atoms with E-state index in [1.165, 1.54) is 13.4 Å². The van der Waals surface area contributed by atoms with Gasteiger partial charge in [-0.15, -0.1) is 6.58 Å². The van der Waals surface area contributed by atoms with E-state index in [0.717, 1.165) is 25.7 Å². The summed E-state index contributed by atoms with van der Waals surface area (Å²) >= 11 is 0. The highest BCUT2D eigenvalue weighted by Gasteiger charge is 2.14. The quantitative estimate of drug-likeness (QED) is 0.396. The van der Waals surface area contributed by atoms with Crippen molar-refractivity contribution in [3.05, 3.63) is 42.9 Å². The molecule has 0 radical (unpaired) electrons. The van der Waals surface area contributed by atoms with Crippen molar-refractivity contribution in [2.75, 3.05) is 13.7 Å². The number of nitrogens with zero attached hydrogens (tertiary/aromatic N) is 2. The molecule has 0 fully saturated rings. The maximum absolute atomic E-state index is 11.4. The lowest BCUT2D eigenvalue weighted by Gasteiger charge is -2.05. The molecule has 2 rings (SSSR count). The van der Waals surface area contributed by atoms with Crippen molar-refractivity contribution in [3.63, 3.8) is 0 Å². The molecule has 0 unspecified atom stereocenters. The van der Waals surface area contributed by atoms with Crippen LogP contribution in [0.2, 0.25) is 0 Å². The van der Waals surface area contributed by atoms with Crippen LogP contribution < -0.4 is 4.74 Å². The zero-order valence-corrected chi connectivity index (χ0v) is 13.2. The van der Waals surface area contributed by atoms with E-state index in [1.807, 2.05) is 6.08 Å². The van der Waals surface area contributed by atoms with Gasteiger partial charge in [0.15, 0.2) is 5.69 Å². The molecule has 0 saturated carbocycles. The van der Waals surface area contributed by atoms with E-state index >= 15 is 0 Å². The summed E-state index contributed by atoms with van der Waals surface area (Å²) in [6.45, 7) is 4.30. The number of pyridine rings is 1. The van der Waals surface area contributed by atoms with Gasteiger partial charge in [-0.2, -0.15) is 0 Å². The van der Waals surface area contributed by atoms with Crippen LogP contribution in [0, 0.1) is 0 Å². The molecule has 0 bridgehead atoms. The normalized spacial score (nSPS) is 10.3. The Morgan fingerprint density at radius 1 is 1.43 bits per heavy atom. The smallest absolute Gasteiger partial charge is 0.360 e. The first kappa shape index (κ1) is 16.7. The molecule has 2 aromatic rings. The summed E-state index contributed by atoms with van der Waals surface area (Å²) in [6, 6.07) is 3.47. The maximum atomic E-state index is 11.4. The summed E-state index contributed by atoms with van der Waals surface area (Å²) < 4.78 is 15.5. The Morgan fingerprint density at radius 3 is 3.09 bits per heavy atom. The molecule has 0 aliphatic carbocycles. The summed E-state index contributed by atoms with van der Waals surface area (Å²) in [7, 11) is 1.30. The second-order valence-electron chi connectivity index (χ2n) is 4.90. The lowest BCUT2D eigenvalue weighted by atomic mass is 10.2. The van der Waals surface area contributed by atoms with Gasteiger partial charge in [-0.05, 0) is 31.7 Å². The number of hydrogen-bond donors (Lipinski definition) is 0. The Labute approximate surface area is 136 Å². The number of aromatic nitrogens is 2. The lowest BCUT2D eigenvalue weighted by Crippen LogP contribution is -2.01. The van der Waals surface area contributed by atoms with Crippen LogP contribution in [0.15, 0.2) is 41.7 Å². The lowest BCUT2D eigenvalue weighted by molar-refractivity contribution is 0.0594. The molecule has 6 heteroatoms. The van der Waals surface area contributed by atoms with Crippen LogP contribution in [0.5, 0.6) is 5.88 Å². The highest BCUT2D eigenvalue weighted by molar-refractivity contribution is 5.87. The van der Waals surface area contributed by atoms with Crippen molar-refractivity contribution in [1.82, 2.24) is 9.97 Å². The molecule has 0 amide bonds. The predicted molar refractivity (Wildman–Crippen MR) is 87.3 cm³/mol. The number of rotatable bonds is 9. The first-order valence-electron chi connectivity index (χ1n) is 7.48. The fourth-order valence-corrected chi connectivity index (χ4v) is 1.97. The number of oxazole rings is 1. The van der Waals surface area contributed by atoms with Crippen LogP contribution in [0.3, 0.4) is 0 Å². The molecular weight excluding hydrogens is 296 g/mol. The van der Waals surface area contributed by atoms with Gasteiger partial charge in [0.25, 0.3) is 0 Å². The number of carbonyl (C=O) groups is 1. The third-order valence-electron chi connectivity index (χ3n) is 3.18. The fraction of sp³-hybridized carbons (Fsp3) is 0.353. The molecule has 0 aliphatic heterocycles. The predicted octanol–water partition coefficient (Wildman–Crippen LogP) is 3.89. The zero-order valence-electron chi connectivity index (χ0n) is 13.2. The van der Waals surface area contributed by atoms with E-state index < -0.39 is 5.97 Å². The SMILES string of the molecule is C=CCCCCCOc1cc(-c2nc(C(=O)OC)co2)ccn1.[HH]. The van der Waals surface area contributed by atoms with Crippen molar-refractivity contribution in [3.8, 4) is 17.3 Å². The number of esters is 1. The van der Waals surface area contributed by atoms with Gasteiger partial charge in [-0.1, -0.05) is 6.08 Å². The third kappa shape index (κ3) is 4.95. The van der Waals surface area contributed by atoms with Crippen LogP contribution in [-0.4, -0.2) is 29.7 Å². The number of methoxy groups -OCH3 is 1. The highest BCUT2D eigenvalue weighted by atomic mass is 16.5. The van der Waals surface area contributed by atoms with Gasteiger partial charge in [0.1, 0.15) is 6.26 Å². The van der Waals surface area contributed by atoms with Crippen LogP contribution in [0.4, 0.5) is 0 Å². The highest BCUT2D eigenvalue weighted by Crippen LogP contribution is 2.22. The summed E-state index contributed by atoms with van der Waals surface area (Å²) in [4.78, 5) is 19.6. The van der Waals surface area contributed by atoms with E-state index in [-0.39, 0.29) is 7.12 Å². The van der Waals surface area contributed by atoms with Crippen molar-refractivity contribution < 1.29 is 20.1 Å². The van der Waals surface area contributed by atoms with Gasteiger partial charge < -0.3 is 13.9 Å². The van der Waals surface area contributed by atoms with E-state index in [1.54, 1.807) is 18.3 Å². The average molecular weight is 318 g/mol. The molecule has 23 heavy (non-hydrogen) atoms. The van der Waals surface area contributed by atoms with Crippen molar-refractivity contribution in [1.29, 1.82) is 0 Å². The summed E-state index contributed by atoms with van der Waals surface area (Å²) in [5.74, 6) is 0.290. The van der Waals surface area contributed by atoms with E-state index in [2.05, 4.69) is 21.3 Å². The topological polar surface area (TPSA) is 74.5 Å². The summed E-state index contributed by atoms with van der Waals surface area (Å²) in [5, 5.41) is 0. The third-order valence-corrected chi connectivity index (χ3v) is 3.18. The van der Waals surface area contributed by atoms with Gasteiger partial charge in [-0.25, -0.2) is 14.8 Å². The second-order valence-corrected chi connectivity index (χ2v) is 4.90. The molecule has 0 atom stereocenters. The Hall–Kier alpha value is -2.63. The van der Waals surface area contributed by atoms with Gasteiger partial charge in [-0.3, -0.25) is 0 Å². The van der Waals surface area contributed by atoms with Gasteiger partial charge in [0.2, 0.25) is 11.8 Å². The van der Waals surface area contributed by atoms with Crippen molar-refractivity contribution in [2.24, 2.45) is 0 Å². The molecular formula is C17H22N2O4. The van der Waals surface area contributed by atoms with E-state index in [4.69, 9.17) is 9.15 Å². The number of allylic oxidation sites excluding steroid dienone is 1. The molecule has 6 nitrogen and oxygen atoms in total. The van der Waals surface area contributed by atoms with Gasteiger partial charge >= 0.3 is 5.97 Å². The zero-order chi connectivity index (χ0) is 16.5. The number of unbranched alkanes of at least 4 members (excludes halogenated alkanes) is 3. The fourth-order valence-electron chi connectivity index (χ4n) is 1.97. The second kappa shape index (κ2) is 8.73. The molecule has 124 valence electrons. The summed E-state index contributed by atoms with van der Waals surface area (Å²) in [6.07, 6.45) is 9.00. The minimum absolute atomic E-state index is 0. The molecule has 0 saturated heterocycles. The minimum atomic E-state index is -0.537. The Morgan fingerprint density at radius 2 is 2.30 bits per heavy atom. The monoisotopic (exact) mass is 318 g/mol. The summed E-state index contributed by atoms with van der Waals surface area (Å²) in [5.41, 5.74) is 0.820. The molecule has 0 aromatic carbocycles. The van der Waals surface area contributed by atoms with Crippen LogP contribution in [-0.2, 0) is 4.74 Å². The van der Waals surface area contributed by atoms with Crippen LogP contribution >= 0.6 is 0 Å². The van der Waals surface area contributed by atoms with Crippen LogP contribution in [0.25, 0.3) is 11.5 Å². The molecule has 0 aliphatic rings. The average Bonchev–Trinajstić information content (AvgIpc) is 3.08. The van der Waals surface area contributed by atoms with Crippen molar-refractivity contribution in [2.45, 2.75) is 25.7 Å². The van der Waals surface area contributed by atoms with Gasteiger partial charge in [0.05, 0.1) is 13.7 Å². The van der Waals surface area contributed by atoms with Gasteiger partial charge in [0, 0.05) is 19.3 Å².